The van der Waals surface area contributed by atoms with Gasteiger partial charge in [0.25, 0.3) is 0 Å². The Morgan fingerprint density at radius 3 is 2.36 bits per heavy atom. The molecule has 0 amide bonds. The SMILES string of the molecule is COC(=O)C1=C(C23C4C5C2C2C3C4C52C(=O)OC)NC(c2nccs2)=NC1c1ccc(F)c(F)c1Cl. The van der Waals surface area contributed by atoms with Crippen molar-refractivity contribution in [2.24, 2.45) is 51.3 Å². The van der Waals surface area contributed by atoms with Crippen molar-refractivity contribution in [2.75, 3.05) is 14.2 Å². The Balaban J connectivity index is 1.29. The second-order valence-electron chi connectivity index (χ2n) is 10.4. The predicted octanol–water partition coefficient (Wildman–Crippen LogP) is 3.50. The smallest absolute Gasteiger partial charge is 0.338 e. The molecule has 1 N–H and O–H groups in total. The van der Waals surface area contributed by atoms with Gasteiger partial charge < -0.3 is 14.8 Å². The predicted molar refractivity (Wildman–Crippen MR) is 123 cm³/mol. The van der Waals surface area contributed by atoms with E-state index >= 15 is 0 Å². The number of aliphatic imine (C=N–C) groups is 1. The monoisotopic (exact) mass is 529 g/mol. The fraction of sp³-hybridized carbons (Fsp3) is 0.440. The number of aromatic nitrogens is 1. The van der Waals surface area contributed by atoms with Gasteiger partial charge in [-0.05, 0) is 41.6 Å². The summed E-state index contributed by atoms with van der Waals surface area (Å²) in [5, 5.41) is 5.39. The molecule has 6 aliphatic carbocycles. The first-order valence-electron chi connectivity index (χ1n) is 11.7. The maximum Gasteiger partial charge on any atom is 0.338 e. The number of carbonyl (C=O) groups excluding carboxylic acids is 2. The van der Waals surface area contributed by atoms with Crippen molar-refractivity contribution in [3.05, 3.63) is 62.2 Å². The number of methoxy groups -OCH3 is 2. The molecule has 2 heterocycles. The van der Waals surface area contributed by atoms with E-state index in [1.807, 2.05) is 5.38 Å². The summed E-state index contributed by atoms with van der Waals surface area (Å²) in [7, 11) is 2.72. The minimum atomic E-state index is -1.19. The van der Waals surface area contributed by atoms with Crippen molar-refractivity contribution in [3.63, 3.8) is 0 Å². The summed E-state index contributed by atoms with van der Waals surface area (Å²) in [5.41, 5.74) is 0.482. The molecule has 7 aliphatic rings. The number of esters is 2. The molecule has 36 heavy (non-hydrogen) atoms. The van der Waals surface area contributed by atoms with Crippen LogP contribution in [0.25, 0.3) is 0 Å². The summed E-state index contributed by atoms with van der Waals surface area (Å²) in [6.07, 6.45) is 1.65. The highest BCUT2D eigenvalue weighted by atomic mass is 35.5. The number of thiazole rings is 1. The lowest BCUT2D eigenvalue weighted by Crippen LogP contribution is -3.11. The minimum absolute atomic E-state index is 0.116. The fourth-order valence-electron chi connectivity index (χ4n) is 9.25. The molecule has 7 nitrogen and oxygen atoms in total. The molecule has 11 heteroatoms. The van der Waals surface area contributed by atoms with E-state index in [0.29, 0.717) is 16.5 Å². The number of hydrogen-bond donors (Lipinski definition) is 1. The molecule has 9 rings (SSSR count). The van der Waals surface area contributed by atoms with Gasteiger partial charge in [0.2, 0.25) is 0 Å². The van der Waals surface area contributed by atoms with Crippen molar-refractivity contribution in [2.45, 2.75) is 6.04 Å². The lowest BCUT2D eigenvalue weighted by molar-refractivity contribution is -0.633. The highest BCUT2D eigenvalue weighted by molar-refractivity contribution is 7.11. The first-order valence-corrected chi connectivity index (χ1v) is 12.9. The van der Waals surface area contributed by atoms with E-state index in [0.717, 1.165) is 6.07 Å². The molecule has 6 saturated carbocycles. The van der Waals surface area contributed by atoms with Gasteiger partial charge in [-0.15, -0.1) is 11.3 Å². The zero-order valence-corrected chi connectivity index (χ0v) is 20.5. The molecule has 2 aromatic rings. The summed E-state index contributed by atoms with van der Waals surface area (Å²) in [4.78, 5) is 35.0. The average Bonchev–Trinajstić information content (AvgIpc) is 3.45. The molecular formula is C25H18ClF2N3O4S. The van der Waals surface area contributed by atoms with Gasteiger partial charge in [-0.2, -0.15) is 0 Å². The minimum Gasteiger partial charge on any atom is -0.469 e. The molecule has 1 atom stereocenters. The van der Waals surface area contributed by atoms with Crippen LogP contribution in [0.2, 0.25) is 5.02 Å². The fourth-order valence-corrected chi connectivity index (χ4v) is 10.1. The molecule has 1 aromatic carbocycles. The second kappa shape index (κ2) is 6.34. The number of halogens is 3. The van der Waals surface area contributed by atoms with E-state index in [9.17, 15) is 18.4 Å². The van der Waals surface area contributed by atoms with E-state index in [1.54, 1.807) is 6.20 Å². The van der Waals surface area contributed by atoms with Crippen molar-refractivity contribution in [1.29, 1.82) is 0 Å². The number of rotatable bonds is 5. The summed E-state index contributed by atoms with van der Waals surface area (Å²) in [6.45, 7) is 0. The highest BCUT2D eigenvalue weighted by Gasteiger charge is 3.12. The number of allylic oxidation sites excluding steroid dienone is 1. The molecule has 6 fully saturated rings. The topological polar surface area (TPSA) is 89.9 Å². The molecule has 1 aromatic heterocycles. The number of nitrogens with one attached hydrogen (secondary N) is 1. The molecule has 0 spiro atoms. The van der Waals surface area contributed by atoms with Gasteiger partial charge in [-0.1, -0.05) is 17.7 Å². The van der Waals surface area contributed by atoms with Gasteiger partial charge in [0, 0.05) is 28.3 Å². The number of nitrogens with zero attached hydrogens (tertiary/aromatic N) is 2. The Kier molecular flexibility index (Phi) is 3.74. The van der Waals surface area contributed by atoms with Gasteiger partial charge in [-0.3, -0.25) is 9.79 Å². The van der Waals surface area contributed by atoms with Crippen LogP contribution in [0.3, 0.4) is 0 Å². The summed E-state index contributed by atoms with van der Waals surface area (Å²) >= 11 is 7.64. The number of carbonyl (C=O) groups is 2. The van der Waals surface area contributed by atoms with E-state index in [2.05, 4.69) is 10.3 Å². The van der Waals surface area contributed by atoms with E-state index in [-0.39, 0.29) is 63.4 Å². The Hall–Kier alpha value is -2.85. The van der Waals surface area contributed by atoms with Gasteiger partial charge in [0.15, 0.2) is 22.5 Å². The third-order valence-electron chi connectivity index (χ3n) is 10.0. The zero-order chi connectivity index (χ0) is 24.9. The highest BCUT2D eigenvalue weighted by Crippen LogP contribution is 3.11. The number of benzene rings is 1. The third kappa shape index (κ3) is 1.81. The first kappa shape index (κ1) is 21.3. The Morgan fingerprint density at radius 2 is 1.78 bits per heavy atom. The largest absolute Gasteiger partial charge is 0.469 e. The number of hydrogen-bond acceptors (Lipinski definition) is 8. The molecule has 184 valence electrons. The molecule has 1 aliphatic heterocycles. The van der Waals surface area contributed by atoms with E-state index < -0.39 is 28.7 Å². The lowest BCUT2D eigenvalue weighted by atomic mass is 8.92. The third-order valence-corrected chi connectivity index (χ3v) is 11.2. The normalized spacial score (nSPS) is 41.4. The van der Waals surface area contributed by atoms with Gasteiger partial charge >= 0.3 is 11.9 Å². The summed E-state index contributed by atoms with van der Waals surface area (Å²) < 4.78 is 38.8. The standard InChI is InChI=1S/C25H18ClF2N3O4S/c1-34-22(32)9-18(7-3-4-8(27)17(28)16(7)26)30-20(21-29-5-6-36-21)31-19(9)24-10-13-11(24)15-12(24)14(10)25(13,15)23(33)35-2/h3-6,10-15,18H,1-2H3,(H,30,31). The van der Waals surface area contributed by atoms with Crippen molar-refractivity contribution in [3.8, 4) is 0 Å². The van der Waals surface area contributed by atoms with Crippen LogP contribution in [0.15, 0.2) is 40.0 Å². The molecule has 0 bridgehead atoms. The van der Waals surface area contributed by atoms with E-state index in [4.69, 9.17) is 26.1 Å². The van der Waals surface area contributed by atoms with Crippen LogP contribution in [0.1, 0.15) is 16.6 Å². The van der Waals surface area contributed by atoms with Crippen LogP contribution in [-0.4, -0.2) is 37.0 Å². The summed E-state index contributed by atoms with van der Waals surface area (Å²) in [5.74, 6) is -1.02. The first-order chi connectivity index (χ1) is 17.4. The van der Waals surface area contributed by atoms with E-state index in [1.165, 1.54) is 31.6 Å². The van der Waals surface area contributed by atoms with Crippen LogP contribution in [-0.2, 0) is 19.1 Å². The quantitative estimate of drug-likeness (QED) is 0.471. The lowest BCUT2D eigenvalue weighted by Gasteiger charge is -3.10. The summed E-state index contributed by atoms with van der Waals surface area (Å²) in [6, 6.07) is 1.33. The van der Waals surface area contributed by atoms with Crippen molar-refractivity contribution >= 4 is 40.7 Å². The van der Waals surface area contributed by atoms with Crippen molar-refractivity contribution in [1.82, 2.24) is 10.3 Å². The molecular weight excluding hydrogens is 512 g/mol. The van der Waals surface area contributed by atoms with Gasteiger partial charge in [0.1, 0.15) is 6.04 Å². The van der Waals surface area contributed by atoms with Gasteiger partial charge in [0.05, 0.1) is 30.2 Å². The zero-order valence-electron chi connectivity index (χ0n) is 18.9. The number of ether oxygens (including phenoxy) is 2. The molecule has 0 saturated heterocycles. The molecule has 0 radical (unpaired) electrons. The van der Waals surface area contributed by atoms with Crippen LogP contribution >= 0.6 is 22.9 Å². The Bertz CT molecular complexity index is 1430. The Morgan fingerprint density at radius 1 is 1.08 bits per heavy atom. The van der Waals surface area contributed by atoms with Gasteiger partial charge in [-0.25, -0.2) is 18.6 Å². The Labute approximate surface area is 212 Å². The second-order valence-corrected chi connectivity index (χ2v) is 11.7. The van der Waals surface area contributed by atoms with Crippen LogP contribution in [0.5, 0.6) is 0 Å². The van der Waals surface area contributed by atoms with Crippen LogP contribution in [0, 0.1) is 58.0 Å². The maximum absolute atomic E-state index is 14.5. The molecule has 1 unspecified atom stereocenters. The average molecular weight is 530 g/mol. The van der Waals surface area contributed by atoms with Crippen LogP contribution in [0.4, 0.5) is 8.78 Å². The number of amidine groups is 1. The van der Waals surface area contributed by atoms with Crippen LogP contribution < -0.4 is 5.32 Å². The van der Waals surface area contributed by atoms with Crippen molar-refractivity contribution < 1.29 is 27.8 Å². The maximum atomic E-state index is 14.5.